The summed E-state index contributed by atoms with van der Waals surface area (Å²) < 4.78 is 0. The van der Waals surface area contributed by atoms with Crippen molar-refractivity contribution in [3.63, 3.8) is 0 Å². The molecular weight excluding hydrogens is 98.1 g/mol. The molecular formula is C3H7NOS. The van der Waals surface area contributed by atoms with Gasteiger partial charge < -0.3 is 5.21 Å². The summed E-state index contributed by atoms with van der Waals surface area (Å²) in [5.74, 6) is 0.962. The molecule has 0 aliphatic rings. The van der Waals surface area contributed by atoms with E-state index in [2.05, 4.69) is 5.16 Å². The van der Waals surface area contributed by atoms with Crippen LogP contribution in [0.2, 0.25) is 0 Å². The fourth-order valence-corrected chi connectivity index (χ4v) is 0.324. The molecule has 0 saturated carbocycles. The number of nitrogens with zero attached hydrogens (tertiary/aromatic N) is 1. The Morgan fingerprint density at radius 3 is 2.83 bits per heavy atom. The highest BCUT2D eigenvalue weighted by molar-refractivity contribution is 8.12. The molecule has 0 heterocycles. The minimum Gasteiger partial charge on any atom is -0.410 e. The highest BCUT2D eigenvalue weighted by Gasteiger charge is 1.67. The van der Waals surface area contributed by atoms with Crippen LogP contribution in [0, 0.1) is 0 Å². The van der Waals surface area contributed by atoms with Crippen LogP contribution < -0.4 is 0 Å². The quantitative estimate of drug-likeness (QED) is 0.247. The summed E-state index contributed by atoms with van der Waals surface area (Å²) >= 11 is 1.47. The van der Waals surface area contributed by atoms with Crippen LogP contribution in [-0.4, -0.2) is 16.5 Å². The Morgan fingerprint density at radius 2 is 2.67 bits per heavy atom. The Hall–Kier alpha value is -0.180. The Labute approximate surface area is 41.2 Å². The predicted molar refractivity (Wildman–Crippen MR) is 28.4 cm³/mol. The van der Waals surface area contributed by atoms with Crippen molar-refractivity contribution in [2.45, 2.75) is 6.92 Å². The third-order valence-electron chi connectivity index (χ3n) is 0.288. The Morgan fingerprint density at radius 1 is 2.00 bits per heavy atom. The van der Waals surface area contributed by atoms with Gasteiger partial charge in [-0.3, -0.25) is 0 Å². The van der Waals surface area contributed by atoms with E-state index in [1.165, 1.54) is 17.3 Å². The third kappa shape index (κ3) is 3.82. The fourth-order valence-electron chi connectivity index (χ4n) is 0.108. The van der Waals surface area contributed by atoms with Gasteiger partial charge in [0.05, 0.1) is 5.55 Å². The first-order valence-electron chi connectivity index (χ1n) is 1.69. The minimum absolute atomic E-state index is 0.962. The smallest absolute Gasteiger partial charge is 0.0991 e. The van der Waals surface area contributed by atoms with Gasteiger partial charge in [0.25, 0.3) is 0 Å². The lowest BCUT2D eigenvalue weighted by atomic mass is 11.0. The maximum absolute atomic E-state index is 7.75. The lowest BCUT2D eigenvalue weighted by Crippen LogP contribution is -1.63. The first kappa shape index (κ1) is 5.82. The van der Waals surface area contributed by atoms with Crippen LogP contribution in [0.25, 0.3) is 0 Å². The molecule has 0 aliphatic carbocycles. The molecule has 1 N–H and O–H groups in total. The first-order chi connectivity index (χ1) is 2.91. The van der Waals surface area contributed by atoms with E-state index in [4.69, 9.17) is 5.21 Å². The zero-order valence-electron chi connectivity index (χ0n) is 3.59. The zero-order valence-corrected chi connectivity index (χ0v) is 4.40. The highest BCUT2D eigenvalue weighted by Crippen LogP contribution is 1.88. The standard InChI is InChI=1S/C3H7NOS/c1-2-6-3-4-5/h3,5H,2H2,1H3/b4-3+. The SMILES string of the molecule is CCS/C=N/O. The lowest BCUT2D eigenvalue weighted by Gasteiger charge is -1.75. The molecule has 0 aliphatic heterocycles. The van der Waals surface area contributed by atoms with E-state index < -0.39 is 0 Å². The predicted octanol–water partition coefficient (Wildman–Crippen LogP) is 1.16. The van der Waals surface area contributed by atoms with Gasteiger partial charge in [-0.25, -0.2) is 0 Å². The maximum atomic E-state index is 7.75. The van der Waals surface area contributed by atoms with Crippen molar-refractivity contribution in [2.24, 2.45) is 5.16 Å². The maximum Gasteiger partial charge on any atom is 0.0991 e. The van der Waals surface area contributed by atoms with E-state index in [0.717, 1.165) is 5.75 Å². The average molecular weight is 105 g/mol. The average Bonchev–Trinajstić information content (AvgIpc) is 1.61. The van der Waals surface area contributed by atoms with Gasteiger partial charge in [0.15, 0.2) is 0 Å². The molecule has 6 heavy (non-hydrogen) atoms. The first-order valence-corrected chi connectivity index (χ1v) is 2.74. The van der Waals surface area contributed by atoms with Gasteiger partial charge in [-0.2, -0.15) is 0 Å². The van der Waals surface area contributed by atoms with Crippen molar-refractivity contribution < 1.29 is 5.21 Å². The molecule has 0 aromatic rings. The van der Waals surface area contributed by atoms with E-state index >= 15 is 0 Å². The van der Waals surface area contributed by atoms with Gasteiger partial charge in [0, 0.05) is 0 Å². The van der Waals surface area contributed by atoms with Crippen LogP contribution in [0.5, 0.6) is 0 Å². The van der Waals surface area contributed by atoms with Crippen LogP contribution in [0.1, 0.15) is 6.92 Å². The highest BCUT2D eigenvalue weighted by atomic mass is 32.2. The summed E-state index contributed by atoms with van der Waals surface area (Å²) in [6.45, 7) is 1.99. The number of oxime groups is 1. The van der Waals surface area contributed by atoms with Crippen molar-refractivity contribution in [1.82, 2.24) is 0 Å². The van der Waals surface area contributed by atoms with Gasteiger partial charge in [-0.05, 0) is 5.75 Å². The summed E-state index contributed by atoms with van der Waals surface area (Å²) in [4.78, 5) is 0. The second-order valence-corrected chi connectivity index (χ2v) is 1.80. The molecule has 2 nitrogen and oxygen atoms in total. The lowest BCUT2D eigenvalue weighted by molar-refractivity contribution is 0.323. The van der Waals surface area contributed by atoms with E-state index in [0.29, 0.717) is 0 Å². The summed E-state index contributed by atoms with van der Waals surface area (Å²) in [5, 5.41) is 10.5. The molecule has 0 radical (unpaired) electrons. The van der Waals surface area contributed by atoms with Crippen molar-refractivity contribution in [1.29, 1.82) is 0 Å². The monoisotopic (exact) mass is 105 g/mol. The molecule has 36 valence electrons. The Balaban J connectivity index is 2.66. The van der Waals surface area contributed by atoms with E-state index in [1.54, 1.807) is 0 Å². The van der Waals surface area contributed by atoms with Crippen molar-refractivity contribution in [2.75, 3.05) is 5.75 Å². The molecule has 0 aromatic carbocycles. The normalized spacial score (nSPS) is 10.2. The van der Waals surface area contributed by atoms with Crippen LogP contribution in [0.15, 0.2) is 5.16 Å². The van der Waals surface area contributed by atoms with Crippen molar-refractivity contribution in [3.8, 4) is 0 Å². The van der Waals surface area contributed by atoms with Crippen LogP contribution >= 0.6 is 11.8 Å². The molecule has 0 bridgehead atoms. The molecule has 0 amide bonds. The van der Waals surface area contributed by atoms with Gasteiger partial charge >= 0.3 is 0 Å². The largest absolute Gasteiger partial charge is 0.410 e. The molecule has 3 heteroatoms. The topological polar surface area (TPSA) is 32.6 Å². The Kier molecular flexibility index (Phi) is 4.68. The molecule has 0 unspecified atom stereocenters. The molecule has 0 atom stereocenters. The van der Waals surface area contributed by atoms with Crippen molar-refractivity contribution in [3.05, 3.63) is 0 Å². The van der Waals surface area contributed by atoms with Crippen LogP contribution in [0.4, 0.5) is 0 Å². The molecule has 0 spiro atoms. The van der Waals surface area contributed by atoms with Crippen LogP contribution in [0.3, 0.4) is 0 Å². The van der Waals surface area contributed by atoms with E-state index in [-0.39, 0.29) is 0 Å². The second-order valence-electron chi connectivity index (χ2n) is 0.676. The fraction of sp³-hybridized carbons (Fsp3) is 0.667. The summed E-state index contributed by atoms with van der Waals surface area (Å²) in [5.41, 5.74) is 1.40. The number of hydrogen-bond acceptors (Lipinski definition) is 3. The van der Waals surface area contributed by atoms with Crippen molar-refractivity contribution >= 4 is 17.3 Å². The van der Waals surface area contributed by atoms with Gasteiger partial charge in [0.1, 0.15) is 0 Å². The summed E-state index contributed by atoms with van der Waals surface area (Å²) in [6, 6.07) is 0. The number of rotatable bonds is 2. The minimum atomic E-state index is 0.962. The molecule has 0 rings (SSSR count). The van der Waals surface area contributed by atoms with Crippen LogP contribution in [-0.2, 0) is 0 Å². The third-order valence-corrected chi connectivity index (χ3v) is 0.865. The molecule has 0 aromatic heterocycles. The second kappa shape index (κ2) is 4.82. The Bertz CT molecular complexity index is 46.1. The number of hydrogen-bond donors (Lipinski definition) is 1. The van der Waals surface area contributed by atoms with Gasteiger partial charge in [-0.1, -0.05) is 12.1 Å². The zero-order chi connectivity index (χ0) is 4.83. The number of thioether (sulfide) groups is 1. The van der Waals surface area contributed by atoms with Gasteiger partial charge in [-0.15, -0.1) is 11.8 Å². The van der Waals surface area contributed by atoms with E-state index in [1.807, 2.05) is 6.92 Å². The summed E-state index contributed by atoms with van der Waals surface area (Å²) in [6.07, 6.45) is 0. The van der Waals surface area contributed by atoms with Gasteiger partial charge in [0.2, 0.25) is 0 Å². The van der Waals surface area contributed by atoms with E-state index in [9.17, 15) is 0 Å². The molecule has 0 fully saturated rings. The molecule has 0 saturated heterocycles. The summed E-state index contributed by atoms with van der Waals surface area (Å²) in [7, 11) is 0.